The van der Waals surface area contributed by atoms with Crippen LogP contribution in [0.3, 0.4) is 0 Å². The molecule has 2 rings (SSSR count). The van der Waals surface area contributed by atoms with Crippen LogP contribution in [-0.2, 0) is 4.74 Å². The third-order valence-corrected chi connectivity index (χ3v) is 2.73. The monoisotopic (exact) mass is 279 g/mol. The Hall–Kier alpha value is -1.81. The van der Waals surface area contributed by atoms with Gasteiger partial charge in [-0.3, -0.25) is 9.36 Å². The molecule has 4 nitrogen and oxygen atoms in total. The van der Waals surface area contributed by atoms with Gasteiger partial charge in [-0.1, -0.05) is 6.07 Å². The number of hydrogen-bond donors (Lipinski definition) is 0. The molecule has 5 heteroatoms. The first-order chi connectivity index (χ1) is 8.78. The predicted molar refractivity (Wildman–Crippen MR) is 73.8 cm³/mol. The molecule has 0 bridgehead atoms. The van der Waals surface area contributed by atoms with Crippen LogP contribution in [-0.4, -0.2) is 21.5 Å². The smallest absolute Gasteiger partial charge is 0.418 e. The summed E-state index contributed by atoms with van der Waals surface area (Å²) < 4.78 is 6.66. The van der Waals surface area contributed by atoms with Crippen LogP contribution >= 0.6 is 11.6 Å². The summed E-state index contributed by atoms with van der Waals surface area (Å²) in [5.41, 5.74) is 0.367. The maximum Gasteiger partial charge on any atom is 0.418 e. The van der Waals surface area contributed by atoms with E-state index in [4.69, 9.17) is 16.3 Å². The van der Waals surface area contributed by atoms with Crippen LogP contribution in [0.15, 0.2) is 30.5 Å². The summed E-state index contributed by atoms with van der Waals surface area (Å²) in [4.78, 5) is 23.2. The SMILES string of the molecule is CC(C)(C)OC(=O)n1ccc2ccc(C(=O)Cl)cc21. The van der Waals surface area contributed by atoms with Gasteiger partial charge in [0.15, 0.2) is 0 Å². The molecule has 100 valence electrons. The molecule has 0 saturated carbocycles. The molecule has 0 unspecified atom stereocenters. The summed E-state index contributed by atoms with van der Waals surface area (Å²) in [7, 11) is 0. The van der Waals surface area contributed by atoms with Gasteiger partial charge in [0.1, 0.15) is 5.60 Å². The van der Waals surface area contributed by atoms with Gasteiger partial charge >= 0.3 is 6.09 Å². The van der Waals surface area contributed by atoms with Gasteiger partial charge in [-0.2, -0.15) is 0 Å². The number of carbonyl (C=O) groups is 2. The van der Waals surface area contributed by atoms with Gasteiger partial charge in [-0.05, 0) is 50.6 Å². The van der Waals surface area contributed by atoms with Gasteiger partial charge in [0.05, 0.1) is 5.52 Å². The number of halogens is 1. The van der Waals surface area contributed by atoms with E-state index in [0.717, 1.165) is 5.39 Å². The summed E-state index contributed by atoms with van der Waals surface area (Å²) in [6.45, 7) is 5.39. The second-order valence-electron chi connectivity index (χ2n) is 5.21. The number of ether oxygens (including phenoxy) is 1. The number of carbonyl (C=O) groups excluding carboxylic acids is 2. The van der Waals surface area contributed by atoms with Crippen molar-refractivity contribution >= 4 is 33.8 Å². The van der Waals surface area contributed by atoms with E-state index in [1.54, 1.807) is 51.2 Å². The minimum atomic E-state index is -0.576. The average Bonchev–Trinajstić information content (AvgIpc) is 2.68. The minimum Gasteiger partial charge on any atom is -0.443 e. The van der Waals surface area contributed by atoms with Gasteiger partial charge in [0, 0.05) is 17.1 Å². The molecule has 0 N–H and O–H groups in total. The Morgan fingerprint density at radius 3 is 2.47 bits per heavy atom. The first-order valence-corrected chi connectivity index (χ1v) is 6.20. The van der Waals surface area contributed by atoms with Crippen LogP contribution in [0.1, 0.15) is 31.1 Å². The molecule has 1 aromatic heterocycles. The zero-order valence-electron chi connectivity index (χ0n) is 10.9. The zero-order valence-corrected chi connectivity index (χ0v) is 11.7. The lowest BCUT2D eigenvalue weighted by molar-refractivity contribution is 0.0544. The fraction of sp³-hybridized carbons (Fsp3) is 0.286. The van der Waals surface area contributed by atoms with Crippen LogP contribution in [0.2, 0.25) is 0 Å². The number of nitrogens with zero attached hydrogens (tertiary/aromatic N) is 1. The summed E-state index contributed by atoms with van der Waals surface area (Å²) >= 11 is 5.44. The number of rotatable bonds is 1. The fourth-order valence-electron chi connectivity index (χ4n) is 1.72. The molecule has 0 fully saturated rings. The van der Waals surface area contributed by atoms with Crippen LogP contribution in [0.4, 0.5) is 4.79 Å². The molecule has 0 aliphatic rings. The maximum atomic E-state index is 12.0. The van der Waals surface area contributed by atoms with Gasteiger partial charge in [0.2, 0.25) is 0 Å². The lowest BCUT2D eigenvalue weighted by atomic mass is 10.2. The Kier molecular flexibility index (Phi) is 3.37. The van der Waals surface area contributed by atoms with Crippen LogP contribution < -0.4 is 0 Å². The van der Waals surface area contributed by atoms with Crippen molar-refractivity contribution in [1.29, 1.82) is 0 Å². The van der Waals surface area contributed by atoms with Crippen molar-refractivity contribution in [3.63, 3.8) is 0 Å². The third kappa shape index (κ3) is 2.96. The lowest BCUT2D eigenvalue weighted by Crippen LogP contribution is -2.26. The number of fused-ring (bicyclic) bond motifs is 1. The van der Waals surface area contributed by atoms with E-state index in [9.17, 15) is 9.59 Å². The summed E-state index contributed by atoms with van der Waals surface area (Å²) in [5.74, 6) is 0. The van der Waals surface area contributed by atoms with E-state index in [2.05, 4.69) is 0 Å². The number of hydrogen-bond acceptors (Lipinski definition) is 3. The standard InChI is InChI=1S/C14H14ClNO3/c1-14(2,3)19-13(18)16-7-6-9-4-5-10(12(15)17)8-11(9)16/h4-8H,1-3H3. The van der Waals surface area contributed by atoms with Crippen LogP contribution in [0.5, 0.6) is 0 Å². The molecule has 0 amide bonds. The highest BCUT2D eigenvalue weighted by Crippen LogP contribution is 2.20. The Balaban J connectivity index is 2.46. The maximum absolute atomic E-state index is 12.0. The van der Waals surface area contributed by atoms with Crippen molar-refractivity contribution in [1.82, 2.24) is 4.57 Å². The van der Waals surface area contributed by atoms with Gasteiger partial charge < -0.3 is 4.74 Å². The van der Waals surface area contributed by atoms with E-state index < -0.39 is 16.9 Å². The van der Waals surface area contributed by atoms with Gasteiger partial charge in [0.25, 0.3) is 5.24 Å². The molecular weight excluding hydrogens is 266 g/mol. The Morgan fingerprint density at radius 2 is 1.89 bits per heavy atom. The van der Waals surface area contributed by atoms with Crippen molar-refractivity contribution in [2.75, 3.05) is 0 Å². The Morgan fingerprint density at radius 1 is 1.21 bits per heavy atom. The molecule has 0 radical (unpaired) electrons. The van der Waals surface area contributed by atoms with E-state index in [0.29, 0.717) is 11.1 Å². The first-order valence-electron chi connectivity index (χ1n) is 5.82. The molecule has 1 aromatic carbocycles. The summed E-state index contributed by atoms with van der Waals surface area (Å²) in [6.07, 6.45) is 1.13. The van der Waals surface area contributed by atoms with Crippen molar-refractivity contribution in [2.45, 2.75) is 26.4 Å². The molecule has 0 aliphatic carbocycles. The second-order valence-corrected chi connectivity index (χ2v) is 5.56. The van der Waals surface area contributed by atoms with Crippen molar-refractivity contribution in [3.8, 4) is 0 Å². The Labute approximate surface area is 115 Å². The molecule has 1 heterocycles. The van der Waals surface area contributed by atoms with Crippen molar-refractivity contribution < 1.29 is 14.3 Å². The highest BCUT2D eigenvalue weighted by Gasteiger charge is 2.19. The van der Waals surface area contributed by atoms with E-state index >= 15 is 0 Å². The fourth-order valence-corrected chi connectivity index (χ4v) is 1.84. The Bertz CT molecular complexity index is 652. The topological polar surface area (TPSA) is 48.3 Å². The van der Waals surface area contributed by atoms with Crippen molar-refractivity contribution in [3.05, 3.63) is 36.0 Å². The molecule has 0 saturated heterocycles. The average molecular weight is 280 g/mol. The predicted octanol–water partition coefficient (Wildman–Crippen LogP) is 3.80. The number of aromatic nitrogens is 1. The highest BCUT2D eigenvalue weighted by molar-refractivity contribution is 6.67. The van der Waals surface area contributed by atoms with Crippen molar-refractivity contribution in [2.24, 2.45) is 0 Å². The van der Waals surface area contributed by atoms with E-state index in [-0.39, 0.29) is 0 Å². The van der Waals surface area contributed by atoms with E-state index in [1.807, 2.05) is 0 Å². The molecular formula is C14H14ClNO3. The second kappa shape index (κ2) is 4.70. The minimum absolute atomic E-state index is 0.345. The van der Waals surface area contributed by atoms with Crippen LogP contribution in [0.25, 0.3) is 10.9 Å². The summed E-state index contributed by atoms with van der Waals surface area (Å²) in [6, 6.07) is 6.72. The molecule has 0 spiro atoms. The highest BCUT2D eigenvalue weighted by atomic mass is 35.5. The number of benzene rings is 1. The van der Waals surface area contributed by atoms with E-state index in [1.165, 1.54) is 4.57 Å². The van der Waals surface area contributed by atoms with Gasteiger partial charge in [-0.25, -0.2) is 4.79 Å². The normalized spacial score (nSPS) is 11.6. The summed E-state index contributed by atoms with van der Waals surface area (Å²) in [5, 5.41) is 0.284. The van der Waals surface area contributed by atoms with Gasteiger partial charge in [-0.15, -0.1) is 0 Å². The zero-order chi connectivity index (χ0) is 14.2. The quantitative estimate of drug-likeness (QED) is 0.746. The van der Waals surface area contributed by atoms with Crippen LogP contribution in [0, 0.1) is 0 Å². The molecule has 0 aliphatic heterocycles. The molecule has 0 atom stereocenters. The largest absolute Gasteiger partial charge is 0.443 e. The first kappa shape index (κ1) is 13.6. The molecule has 2 aromatic rings. The third-order valence-electron chi connectivity index (χ3n) is 2.51. The lowest BCUT2D eigenvalue weighted by Gasteiger charge is -2.19. The molecule has 19 heavy (non-hydrogen) atoms.